The van der Waals surface area contributed by atoms with Crippen molar-refractivity contribution in [3.8, 4) is 5.75 Å². The van der Waals surface area contributed by atoms with Crippen LogP contribution in [0.2, 0.25) is 0 Å². The molecule has 4 heteroatoms. The molecule has 24 heavy (non-hydrogen) atoms. The highest BCUT2D eigenvalue weighted by atomic mass is 16.3. The molecule has 1 aromatic heterocycles. The molecule has 1 heterocycles. The molecule has 0 atom stereocenters. The summed E-state index contributed by atoms with van der Waals surface area (Å²) in [6.45, 7) is 0.614. The van der Waals surface area contributed by atoms with E-state index in [-0.39, 0.29) is 5.75 Å². The van der Waals surface area contributed by atoms with E-state index in [1.165, 1.54) is 0 Å². The first-order valence-electron chi connectivity index (χ1n) is 7.95. The molecule has 0 aliphatic rings. The quantitative estimate of drug-likeness (QED) is 0.557. The molecule has 4 rings (SSSR count). The van der Waals surface area contributed by atoms with Crippen molar-refractivity contribution in [1.82, 2.24) is 9.97 Å². The topological polar surface area (TPSA) is 61.3 Å². The minimum atomic E-state index is 0.251. The van der Waals surface area contributed by atoms with E-state index < -0.39 is 0 Å². The van der Waals surface area contributed by atoms with E-state index in [4.69, 9.17) is 0 Å². The summed E-state index contributed by atoms with van der Waals surface area (Å²) in [4.78, 5) is 12.3. The smallest absolute Gasteiger partial charge is 0.124 e. The lowest BCUT2D eigenvalue weighted by Gasteiger charge is -2.04. The number of aromatic hydroxyl groups is 1. The molecular weight excluding hydrogens is 298 g/mol. The fourth-order valence-corrected chi connectivity index (χ4v) is 2.87. The lowest BCUT2D eigenvalue weighted by atomic mass is 10.0. The molecule has 0 spiro atoms. The number of nitrogens with zero attached hydrogens (tertiary/aromatic N) is 2. The Bertz CT molecular complexity index is 1000. The Hall–Kier alpha value is -3.14. The van der Waals surface area contributed by atoms with E-state index in [9.17, 15) is 5.11 Å². The summed E-state index contributed by atoms with van der Waals surface area (Å²) in [7, 11) is 0. The predicted molar refractivity (Wildman–Crippen MR) is 97.9 cm³/mol. The van der Waals surface area contributed by atoms with E-state index in [1.807, 2.05) is 54.6 Å². The van der Waals surface area contributed by atoms with Crippen molar-refractivity contribution in [3.63, 3.8) is 0 Å². The van der Waals surface area contributed by atoms with Crippen LogP contribution in [-0.4, -0.2) is 27.8 Å². The lowest BCUT2D eigenvalue weighted by Crippen LogP contribution is -1.93. The number of aliphatic imine (C=N–C) groups is 1. The highest BCUT2D eigenvalue weighted by Gasteiger charge is 2.04. The number of phenols is 1. The van der Waals surface area contributed by atoms with Gasteiger partial charge in [-0.25, -0.2) is 4.98 Å². The molecule has 0 bridgehead atoms. The summed E-state index contributed by atoms with van der Waals surface area (Å²) in [5.41, 5.74) is 2.78. The molecule has 0 fully saturated rings. The fourth-order valence-electron chi connectivity index (χ4n) is 2.87. The largest absolute Gasteiger partial charge is 0.507 e. The Labute approximate surface area is 139 Å². The Morgan fingerprint density at radius 1 is 1.00 bits per heavy atom. The second-order valence-corrected chi connectivity index (χ2v) is 5.71. The van der Waals surface area contributed by atoms with Gasteiger partial charge in [0.25, 0.3) is 0 Å². The van der Waals surface area contributed by atoms with Crippen LogP contribution in [0.25, 0.3) is 21.8 Å². The third-order valence-corrected chi connectivity index (χ3v) is 4.08. The third-order valence-electron chi connectivity index (χ3n) is 4.08. The van der Waals surface area contributed by atoms with Gasteiger partial charge in [0.05, 0.1) is 11.0 Å². The number of hydrogen-bond acceptors (Lipinski definition) is 3. The molecule has 118 valence electrons. The van der Waals surface area contributed by atoms with Crippen molar-refractivity contribution >= 4 is 28.0 Å². The molecule has 0 unspecified atom stereocenters. The number of hydrogen-bond donors (Lipinski definition) is 2. The van der Waals surface area contributed by atoms with Crippen LogP contribution < -0.4 is 0 Å². The maximum atomic E-state index is 10.1. The number of imidazole rings is 1. The highest BCUT2D eigenvalue weighted by molar-refractivity contribution is 6.02. The Kier molecular flexibility index (Phi) is 3.71. The first-order chi connectivity index (χ1) is 11.8. The molecule has 0 saturated heterocycles. The summed E-state index contributed by atoms with van der Waals surface area (Å²) in [5, 5.41) is 12.2. The zero-order valence-electron chi connectivity index (χ0n) is 13.1. The fraction of sp³-hybridized carbons (Fsp3) is 0.100. The normalized spacial score (nSPS) is 11.7. The third kappa shape index (κ3) is 2.74. The molecule has 4 nitrogen and oxygen atoms in total. The van der Waals surface area contributed by atoms with E-state index >= 15 is 0 Å². The molecular formula is C20H17N3O. The van der Waals surface area contributed by atoms with Crippen LogP contribution in [0.4, 0.5) is 0 Å². The van der Waals surface area contributed by atoms with Gasteiger partial charge in [-0.3, -0.25) is 4.99 Å². The predicted octanol–water partition coefficient (Wildman–Crippen LogP) is 4.08. The lowest BCUT2D eigenvalue weighted by molar-refractivity contribution is 0.475. The van der Waals surface area contributed by atoms with Gasteiger partial charge in [-0.15, -0.1) is 0 Å². The molecule has 2 N–H and O–H groups in total. The second-order valence-electron chi connectivity index (χ2n) is 5.71. The van der Waals surface area contributed by atoms with Crippen molar-refractivity contribution in [3.05, 3.63) is 72.1 Å². The van der Waals surface area contributed by atoms with E-state index in [0.717, 1.165) is 39.6 Å². The number of para-hydroxylation sites is 2. The number of rotatable bonds is 4. The van der Waals surface area contributed by atoms with E-state index in [0.29, 0.717) is 6.54 Å². The maximum Gasteiger partial charge on any atom is 0.124 e. The number of fused-ring (bicyclic) bond motifs is 2. The van der Waals surface area contributed by atoms with Gasteiger partial charge in [-0.2, -0.15) is 0 Å². The second kappa shape index (κ2) is 6.16. The summed E-state index contributed by atoms with van der Waals surface area (Å²) in [5.74, 6) is 1.18. The van der Waals surface area contributed by atoms with Crippen LogP contribution in [-0.2, 0) is 6.42 Å². The van der Waals surface area contributed by atoms with Gasteiger partial charge >= 0.3 is 0 Å². The van der Waals surface area contributed by atoms with Crippen molar-refractivity contribution in [2.45, 2.75) is 6.42 Å². The zero-order valence-corrected chi connectivity index (χ0v) is 13.1. The number of aromatic amines is 1. The monoisotopic (exact) mass is 315 g/mol. The van der Waals surface area contributed by atoms with Crippen molar-refractivity contribution in [2.75, 3.05) is 6.54 Å². The Balaban J connectivity index is 1.52. The van der Waals surface area contributed by atoms with Crippen LogP contribution in [0.1, 0.15) is 11.4 Å². The van der Waals surface area contributed by atoms with Crippen LogP contribution in [0.3, 0.4) is 0 Å². The Morgan fingerprint density at radius 3 is 2.75 bits per heavy atom. The van der Waals surface area contributed by atoms with Crippen molar-refractivity contribution in [2.24, 2.45) is 4.99 Å². The van der Waals surface area contributed by atoms with Crippen molar-refractivity contribution < 1.29 is 5.11 Å². The summed E-state index contributed by atoms with van der Waals surface area (Å²) >= 11 is 0. The number of nitrogens with one attached hydrogen (secondary N) is 1. The average Bonchev–Trinajstić information content (AvgIpc) is 3.03. The first-order valence-corrected chi connectivity index (χ1v) is 7.95. The first kappa shape index (κ1) is 14.5. The molecule has 0 amide bonds. The summed E-state index contributed by atoms with van der Waals surface area (Å²) < 4.78 is 0. The standard InChI is InChI=1S/C20H17N3O/c24-19-10-9-14-5-1-2-6-15(14)16(19)13-21-12-11-20-22-17-7-3-4-8-18(17)23-20/h1-10,13,24H,11-12H2,(H,22,23). The van der Waals surface area contributed by atoms with Crippen LogP contribution in [0.5, 0.6) is 5.75 Å². The van der Waals surface area contributed by atoms with Crippen LogP contribution in [0.15, 0.2) is 65.7 Å². The average molecular weight is 315 g/mol. The summed E-state index contributed by atoms with van der Waals surface area (Å²) in [6.07, 6.45) is 2.48. The minimum absolute atomic E-state index is 0.251. The van der Waals surface area contributed by atoms with Crippen molar-refractivity contribution in [1.29, 1.82) is 0 Å². The SMILES string of the molecule is Oc1ccc2ccccc2c1C=NCCc1nc2ccccc2[nH]1. The van der Waals surface area contributed by atoms with Gasteiger partial charge in [-0.05, 0) is 29.0 Å². The summed E-state index contributed by atoms with van der Waals surface area (Å²) in [6, 6.07) is 19.6. The molecule has 0 saturated carbocycles. The molecule has 0 radical (unpaired) electrons. The van der Waals surface area contributed by atoms with Crippen LogP contribution in [0, 0.1) is 0 Å². The molecule has 0 aliphatic carbocycles. The van der Waals surface area contributed by atoms with Gasteiger partial charge in [0.2, 0.25) is 0 Å². The molecule has 3 aromatic carbocycles. The van der Waals surface area contributed by atoms with Gasteiger partial charge in [0, 0.05) is 24.7 Å². The number of H-pyrrole nitrogens is 1. The number of phenolic OH excluding ortho intramolecular Hbond substituents is 1. The maximum absolute atomic E-state index is 10.1. The zero-order chi connectivity index (χ0) is 16.4. The highest BCUT2D eigenvalue weighted by Crippen LogP contribution is 2.25. The van der Waals surface area contributed by atoms with Gasteiger partial charge in [0.1, 0.15) is 11.6 Å². The van der Waals surface area contributed by atoms with E-state index in [2.05, 4.69) is 15.0 Å². The van der Waals surface area contributed by atoms with Gasteiger partial charge < -0.3 is 10.1 Å². The number of aromatic nitrogens is 2. The minimum Gasteiger partial charge on any atom is -0.507 e. The van der Waals surface area contributed by atoms with Gasteiger partial charge in [-0.1, -0.05) is 42.5 Å². The number of benzene rings is 3. The Morgan fingerprint density at radius 2 is 1.83 bits per heavy atom. The van der Waals surface area contributed by atoms with Crippen LogP contribution >= 0.6 is 0 Å². The molecule has 0 aliphatic heterocycles. The van der Waals surface area contributed by atoms with E-state index in [1.54, 1.807) is 12.3 Å². The molecule has 4 aromatic rings. The van der Waals surface area contributed by atoms with Gasteiger partial charge in [0.15, 0.2) is 0 Å².